The third-order valence-electron chi connectivity index (χ3n) is 3.32. The Morgan fingerprint density at radius 1 is 1.00 bits per heavy atom. The van der Waals surface area contributed by atoms with Gasteiger partial charge in [0.1, 0.15) is 17.2 Å². The molecule has 0 fully saturated rings. The van der Waals surface area contributed by atoms with Crippen molar-refractivity contribution in [1.29, 1.82) is 0 Å². The number of rotatable bonds is 6. The lowest BCUT2D eigenvalue weighted by Gasteiger charge is -2.14. The van der Waals surface area contributed by atoms with Crippen molar-refractivity contribution >= 4 is 11.7 Å². The molecular weight excluding hydrogens is 296 g/mol. The van der Waals surface area contributed by atoms with Crippen molar-refractivity contribution < 1.29 is 19.4 Å². The van der Waals surface area contributed by atoms with E-state index in [9.17, 15) is 4.79 Å². The summed E-state index contributed by atoms with van der Waals surface area (Å²) in [6, 6.07) is 12.3. The number of carbonyl (C=O) groups excluding carboxylic acids is 1. The van der Waals surface area contributed by atoms with Crippen molar-refractivity contribution in [2.75, 3.05) is 19.5 Å². The van der Waals surface area contributed by atoms with Gasteiger partial charge >= 0.3 is 6.03 Å². The summed E-state index contributed by atoms with van der Waals surface area (Å²) in [6.07, 6.45) is 0. The number of methoxy groups -OCH3 is 2. The molecule has 122 valence electrons. The van der Waals surface area contributed by atoms with E-state index in [1.54, 1.807) is 18.2 Å². The molecule has 0 aliphatic heterocycles. The third kappa shape index (κ3) is 4.37. The largest absolute Gasteiger partial charge is 0.494 e. The van der Waals surface area contributed by atoms with E-state index >= 15 is 0 Å². The van der Waals surface area contributed by atoms with Gasteiger partial charge in [-0.2, -0.15) is 0 Å². The van der Waals surface area contributed by atoms with E-state index in [4.69, 9.17) is 14.6 Å². The Morgan fingerprint density at radius 3 is 2.09 bits per heavy atom. The van der Waals surface area contributed by atoms with E-state index in [-0.39, 0.29) is 12.6 Å². The van der Waals surface area contributed by atoms with Crippen LogP contribution in [0.4, 0.5) is 10.5 Å². The van der Waals surface area contributed by atoms with Crippen LogP contribution in [0.3, 0.4) is 0 Å². The summed E-state index contributed by atoms with van der Waals surface area (Å²) >= 11 is 0. The second-order valence-electron chi connectivity index (χ2n) is 4.82. The number of hydrogen-bond donors (Lipinski definition) is 3. The smallest absolute Gasteiger partial charge is 0.319 e. The molecule has 2 rings (SSSR count). The summed E-state index contributed by atoms with van der Waals surface area (Å²) < 4.78 is 10.5. The molecule has 0 radical (unpaired) electrons. The summed E-state index contributed by atoms with van der Waals surface area (Å²) in [4.78, 5) is 12.1. The van der Waals surface area contributed by atoms with Gasteiger partial charge in [-0.25, -0.2) is 4.79 Å². The van der Waals surface area contributed by atoms with Gasteiger partial charge in [-0.1, -0.05) is 30.3 Å². The number of amides is 2. The minimum atomic E-state index is -0.362. The molecule has 0 atom stereocenters. The SMILES string of the molecule is COc1cccc(OC)c1NC(=O)NCc1ccc(CO)cc1. The summed E-state index contributed by atoms with van der Waals surface area (Å²) in [5.74, 6) is 1.04. The molecule has 0 saturated heterocycles. The number of hydrogen-bond acceptors (Lipinski definition) is 4. The highest BCUT2D eigenvalue weighted by Crippen LogP contribution is 2.33. The number of aliphatic hydroxyl groups is 1. The van der Waals surface area contributed by atoms with Crippen molar-refractivity contribution in [2.24, 2.45) is 0 Å². The van der Waals surface area contributed by atoms with Crippen molar-refractivity contribution in [2.45, 2.75) is 13.2 Å². The van der Waals surface area contributed by atoms with Crippen LogP contribution in [0.5, 0.6) is 11.5 Å². The second-order valence-corrected chi connectivity index (χ2v) is 4.82. The van der Waals surface area contributed by atoms with E-state index in [1.165, 1.54) is 14.2 Å². The van der Waals surface area contributed by atoms with Crippen LogP contribution in [0.25, 0.3) is 0 Å². The lowest BCUT2D eigenvalue weighted by atomic mass is 10.1. The first kappa shape index (κ1) is 16.6. The lowest BCUT2D eigenvalue weighted by molar-refractivity contribution is 0.251. The van der Waals surface area contributed by atoms with Gasteiger partial charge < -0.3 is 25.2 Å². The first-order valence-corrected chi connectivity index (χ1v) is 7.12. The minimum absolute atomic E-state index is 0.00178. The predicted molar refractivity (Wildman–Crippen MR) is 87.8 cm³/mol. The van der Waals surface area contributed by atoms with E-state index in [0.29, 0.717) is 23.7 Å². The molecule has 3 N–H and O–H groups in total. The number of urea groups is 1. The van der Waals surface area contributed by atoms with Crippen LogP contribution in [-0.2, 0) is 13.2 Å². The number of anilines is 1. The fourth-order valence-electron chi connectivity index (χ4n) is 2.08. The molecule has 0 unspecified atom stereocenters. The number of benzene rings is 2. The van der Waals surface area contributed by atoms with E-state index < -0.39 is 0 Å². The number of ether oxygens (including phenoxy) is 2. The molecule has 6 nitrogen and oxygen atoms in total. The maximum atomic E-state index is 12.1. The predicted octanol–water partition coefficient (Wildman–Crippen LogP) is 2.52. The molecule has 0 spiro atoms. The van der Waals surface area contributed by atoms with Crippen molar-refractivity contribution in [3.63, 3.8) is 0 Å². The number of nitrogens with one attached hydrogen (secondary N) is 2. The van der Waals surface area contributed by atoms with E-state index in [1.807, 2.05) is 24.3 Å². The fourth-order valence-corrected chi connectivity index (χ4v) is 2.08. The Labute approximate surface area is 135 Å². The molecule has 0 bridgehead atoms. The molecular formula is C17H20N2O4. The fraction of sp³-hybridized carbons (Fsp3) is 0.235. The number of para-hydroxylation sites is 1. The average molecular weight is 316 g/mol. The molecule has 0 aliphatic rings. The Kier molecular flexibility index (Phi) is 5.82. The zero-order chi connectivity index (χ0) is 16.7. The Morgan fingerprint density at radius 2 is 1.57 bits per heavy atom. The van der Waals surface area contributed by atoms with Crippen LogP contribution in [0.2, 0.25) is 0 Å². The van der Waals surface area contributed by atoms with Gasteiger partial charge in [0.05, 0.1) is 20.8 Å². The molecule has 6 heteroatoms. The van der Waals surface area contributed by atoms with E-state index in [0.717, 1.165) is 11.1 Å². The summed E-state index contributed by atoms with van der Waals surface area (Å²) in [5.41, 5.74) is 2.24. The highest BCUT2D eigenvalue weighted by Gasteiger charge is 2.12. The van der Waals surface area contributed by atoms with Gasteiger partial charge in [0.25, 0.3) is 0 Å². The monoisotopic (exact) mass is 316 g/mol. The zero-order valence-electron chi connectivity index (χ0n) is 13.1. The van der Waals surface area contributed by atoms with Gasteiger partial charge in [0.2, 0.25) is 0 Å². The minimum Gasteiger partial charge on any atom is -0.494 e. The Balaban J connectivity index is 1.99. The average Bonchev–Trinajstić information content (AvgIpc) is 2.60. The maximum absolute atomic E-state index is 12.1. The number of carbonyl (C=O) groups is 1. The van der Waals surface area contributed by atoms with Crippen LogP contribution in [0, 0.1) is 0 Å². The number of aliphatic hydroxyl groups excluding tert-OH is 1. The van der Waals surface area contributed by atoms with Gasteiger partial charge in [0, 0.05) is 6.54 Å². The quantitative estimate of drug-likeness (QED) is 0.765. The zero-order valence-corrected chi connectivity index (χ0v) is 13.1. The highest BCUT2D eigenvalue weighted by molar-refractivity contribution is 5.92. The van der Waals surface area contributed by atoms with Crippen LogP contribution >= 0.6 is 0 Å². The molecule has 0 aromatic heterocycles. The van der Waals surface area contributed by atoms with E-state index in [2.05, 4.69) is 10.6 Å². The van der Waals surface area contributed by atoms with Crippen LogP contribution in [0.15, 0.2) is 42.5 Å². The first-order chi connectivity index (χ1) is 11.2. The lowest BCUT2D eigenvalue weighted by Crippen LogP contribution is -2.28. The van der Waals surface area contributed by atoms with Crippen molar-refractivity contribution in [1.82, 2.24) is 5.32 Å². The molecule has 0 saturated carbocycles. The first-order valence-electron chi connectivity index (χ1n) is 7.12. The normalized spacial score (nSPS) is 10.0. The van der Waals surface area contributed by atoms with Crippen molar-refractivity contribution in [3.8, 4) is 11.5 Å². The third-order valence-corrected chi connectivity index (χ3v) is 3.32. The van der Waals surface area contributed by atoms with Gasteiger partial charge in [-0.3, -0.25) is 0 Å². The standard InChI is InChI=1S/C17H20N2O4/c1-22-14-4-3-5-15(23-2)16(14)19-17(21)18-10-12-6-8-13(11-20)9-7-12/h3-9,20H,10-11H2,1-2H3,(H2,18,19,21). The summed E-state index contributed by atoms with van der Waals surface area (Å²) in [5, 5.41) is 14.5. The summed E-state index contributed by atoms with van der Waals surface area (Å²) in [7, 11) is 3.06. The van der Waals surface area contributed by atoms with Gasteiger partial charge in [0.15, 0.2) is 0 Å². The van der Waals surface area contributed by atoms with Gasteiger partial charge in [-0.05, 0) is 23.3 Å². The van der Waals surface area contributed by atoms with Crippen LogP contribution < -0.4 is 20.1 Å². The maximum Gasteiger partial charge on any atom is 0.319 e. The van der Waals surface area contributed by atoms with Gasteiger partial charge in [-0.15, -0.1) is 0 Å². The molecule has 23 heavy (non-hydrogen) atoms. The Bertz CT molecular complexity index is 634. The Hall–Kier alpha value is -2.73. The molecule has 2 aromatic rings. The highest BCUT2D eigenvalue weighted by atomic mass is 16.5. The van der Waals surface area contributed by atoms with Crippen LogP contribution in [0.1, 0.15) is 11.1 Å². The van der Waals surface area contributed by atoms with Crippen molar-refractivity contribution in [3.05, 3.63) is 53.6 Å². The summed E-state index contributed by atoms with van der Waals surface area (Å²) in [6.45, 7) is 0.372. The van der Waals surface area contributed by atoms with Crippen LogP contribution in [-0.4, -0.2) is 25.4 Å². The topological polar surface area (TPSA) is 79.8 Å². The molecule has 0 heterocycles. The molecule has 2 amide bonds. The molecule has 2 aromatic carbocycles. The molecule has 0 aliphatic carbocycles. The second kappa shape index (κ2) is 8.05.